The minimum atomic E-state index is -0.0370. The number of benzene rings is 1. The highest BCUT2D eigenvalue weighted by molar-refractivity contribution is 5.80. The SMILES string of the molecule is CC1CCCCC1NC(=O)CCNC(=O)Cc1ccccc1. The van der Waals surface area contributed by atoms with Gasteiger partial charge in [0.1, 0.15) is 0 Å². The molecule has 0 aliphatic heterocycles. The fourth-order valence-electron chi connectivity index (χ4n) is 2.97. The normalized spacial score (nSPS) is 21.1. The van der Waals surface area contributed by atoms with Crippen LogP contribution in [-0.4, -0.2) is 24.4 Å². The van der Waals surface area contributed by atoms with E-state index in [-0.39, 0.29) is 11.8 Å². The third-order valence-corrected chi connectivity index (χ3v) is 4.34. The second-order valence-corrected chi connectivity index (χ2v) is 6.20. The molecule has 1 aromatic carbocycles. The minimum absolute atomic E-state index is 0.0370. The minimum Gasteiger partial charge on any atom is -0.355 e. The summed E-state index contributed by atoms with van der Waals surface area (Å²) in [4.78, 5) is 23.7. The molecule has 1 aromatic rings. The Labute approximate surface area is 132 Å². The molecule has 0 radical (unpaired) electrons. The fraction of sp³-hybridized carbons (Fsp3) is 0.556. The summed E-state index contributed by atoms with van der Waals surface area (Å²) in [6.07, 6.45) is 5.45. The van der Waals surface area contributed by atoms with Crippen molar-refractivity contribution in [3.63, 3.8) is 0 Å². The zero-order valence-corrected chi connectivity index (χ0v) is 13.3. The van der Waals surface area contributed by atoms with Crippen molar-refractivity contribution >= 4 is 11.8 Å². The topological polar surface area (TPSA) is 58.2 Å². The van der Waals surface area contributed by atoms with Crippen LogP contribution in [0.25, 0.3) is 0 Å². The molecule has 4 heteroatoms. The lowest BCUT2D eigenvalue weighted by molar-refractivity contribution is -0.122. The molecule has 1 aliphatic carbocycles. The summed E-state index contributed by atoms with van der Waals surface area (Å²) < 4.78 is 0. The molecule has 2 atom stereocenters. The van der Waals surface area contributed by atoms with E-state index in [9.17, 15) is 9.59 Å². The van der Waals surface area contributed by atoms with Crippen molar-refractivity contribution in [1.82, 2.24) is 10.6 Å². The van der Waals surface area contributed by atoms with E-state index in [4.69, 9.17) is 0 Å². The molecule has 1 fully saturated rings. The van der Waals surface area contributed by atoms with Gasteiger partial charge < -0.3 is 10.6 Å². The average Bonchev–Trinajstić information content (AvgIpc) is 2.50. The predicted octanol–water partition coefficient (Wildman–Crippen LogP) is 2.43. The Kier molecular flexibility index (Phi) is 6.44. The Hall–Kier alpha value is -1.84. The fourth-order valence-corrected chi connectivity index (χ4v) is 2.97. The summed E-state index contributed by atoms with van der Waals surface area (Å²) in [6.45, 7) is 2.60. The van der Waals surface area contributed by atoms with Crippen LogP contribution >= 0.6 is 0 Å². The molecule has 2 unspecified atom stereocenters. The molecule has 120 valence electrons. The Morgan fingerprint density at radius 1 is 1.09 bits per heavy atom. The highest BCUT2D eigenvalue weighted by Gasteiger charge is 2.22. The van der Waals surface area contributed by atoms with Crippen LogP contribution < -0.4 is 10.6 Å². The molecule has 2 rings (SSSR count). The maximum Gasteiger partial charge on any atom is 0.224 e. The van der Waals surface area contributed by atoms with Gasteiger partial charge in [-0.1, -0.05) is 50.1 Å². The summed E-state index contributed by atoms with van der Waals surface area (Å²) in [5.74, 6) is 0.564. The molecule has 2 amide bonds. The van der Waals surface area contributed by atoms with Gasteiger partial charge in [0.25, 0.3) is 0 Å². The van der Waals surface area contributed by atoms with E-state index in [0.29, 0.717) is 31.3 Å². The van der Waals surface area contributed by atoms with Crippen LogP contribution in [-0.2, 0) is 16.0 Å². The standard InChI is InChI=1S/C18H26N2O2/c1-14-7-5-6-10-16(14)20-17(21)11-12-19-18(22)13-15-8-3-2-4-9-15/h2-4,8-9,14,16H,5-7,10-13H2,1H3,(H,19,22)(H,20,21). The third kappa shape index (κ3) is 5.51. The van der Waals surface area contributed by atoms with E-state index in [0.717, 1.165) is 12.0 Å². The highest BCUT2D eigenvalue weighted by atomic mass is 16.2. The van der Waals surface area contributed by atoms with Crippen LogP contribution in [0.4, 0.5) is 0 Å². The lowest BCUT2D eigenvalue weighted by Gasteiger charge is -2.29. The van der Waals surface area contributed by atoms with Crippen LogP contribution in [0.2, 0.25) is 0 Å². The summed E-state index contributed by atoms with van der Waals surface area (Å²) in [5, 5.41) is 5.91. The number of rotatable bonds is 6. The molecule has 2 N–H and O–H groups in total. The average molecular weight is 302 g/mol. The number of amides is 2. The summed E-state index contributed by atoms with van der Waals surface area (Å²) in [7, 11) is 0. The number of hydrogen-bond acceptors (Lipinski definition) is 2. The van der Waals surface area contributed by atoms with Gasteiger partial charge in [0.2, 0.25) is 11.8 Å². The van der Waals surface area contributed by atoms with Crippen molar-refractivity contribution in [1.29, 1.82) is 0 Å². The van der Waals surface area contributed by atoms with Gasteiger partial charge in [-0.2, -0.15) is 0 Å². The number of hydrogen-bond donors (Lipinski definition) is 2. The smallest absolute Gasteiger partial charge is 0.224 e. The van der Waals surface area contributed by atoms with Gasteiger partial charge in [-0.3, -0.25) is 9.59 Å². The van der Waals surface area contributed by atoms with Crippen LogP contribution in [0.3, 0.4) is 0 Å². The molecule has 0 aromatic heterocycles. The number of carbonyl (C=O) groups is 2. The van der Waals surface area contributed by atoms with Crippen LogP contribution in [0, 0.1) is 5.92 Å². The molecule has 0 bridgehead atoms. The van der Waals surface area contributed by atoms with Gasteiger partial charge in [0.15, 0.2) is 0 Å². The van der Waals surface area contributed by atoms with Gasteiger partial charge in [0, 0.05) is 19.0 Å². The largest absolute Gasteiger partial charge is 0.355 e. The van der Waals surface area contributed by atoms with E-state index in [1.807, 2.05) is 30.3 Å². The lowest BCUT2D eigenvalue weighted by atomic mass is 9.86. The first-order valence-corrected chi connectivity index (χ1v) is 8.25. The molecular weight excluding hydrogens is 276 g/mol. The van der Waals surface area contributed by atoms with E-state index in [1.54, 1.807) is 0 Å². The monoisotopic (exact) mass is 302 g/mol. The van der Waals surface area contributed by atoms with E-state index in [1.165, 1.54) is 19.3 Å². The van der Waals surface area contributed by atoms with E-state index in [2.05, 4.69) is 17.6 Å². The van der Waals surface area contributed by atoms with Gasteiger partial charge in [-0.05, 0) is 24.3 Å². The summed E-state index contributed by atoms with van der Waals surface area (Å²) >= 11 is 0. The van der Waals surface area contributed by atoms with Gasteiger partial charge >= 0.3 is 0 Å². The molecule has 0 heterocycles. The van der Waals surface area contributed by atoms with Crippen LogP contribution in [0.5, 0.6) is 0 Å². The predicted molar refractivity (Wildman–Crippen MR) is 87.3 cm³/mol. The molecule has 0 saturated heterocycles. The highest BCUT2D eigenvalue weighted by Crippen LogP contribution is 2.23. The first kappa shape index (κ1) is 16.5. The summed E-state index contributed by atoms with van der Waals surface area (Å²) in [5.41, 5.74) is 0.987. The second-order valence-electron chi connectivity index (χ2n) is 6.20. The maximum absolute atomic E-state index is 11.9. The van der Waals surface area contributed by atoms with Crippen molar-refractivity contribution in [2.45, 2.75) is 51.5 Å². The van der Waals surface area contributed by atoms with Crippen molar-refractivity contribution in [3.8, 4) is 0 Å². The quantitative estimate of drug-likeness (QED) is 0.848. The molecular formula is C18H26N2O2. The Morgan fingerprint density at radius 3 is 2.55 bits per heavy atom. The zero-order chi connectivity index (χ0) is 15.8. The molecule has 0 spiro atoms. The number of nitrogens with one attached hydrogen (secondary N) is 2. The molecule has 22 heavy (non-hydrogen) atoms. The van der Waals surface area contributed by atoms with Crippen LogP contribution in [0.15, 0.2) is 30.3 Å². The van der Waals surface area contributed by atoms with E-state index < -0.39 is 0 Å². The number of carbonyl (C=O) groups excluding carboxylic acids is 2. The van der Waals surface area contributed by atoms with Gasteiger partial charge in [-0.15, -0.1) is 0 Å². The van der Waals surface area contributed by atoms with Crippen molar-refractivity contribution in [2.24, 2.45) is 5.92 Å². The zero-order valence-electron chi connectivity index (χ0n) is 13.3. The van der Waals surface area contributed by atoms with E-state index >= 15 is 0 Å². The second kappa shape index (κ2) is 8.57. The van der Waals surface area contributed by atoms with Gasteiger partial charge in [-0.25, -0.2) is 0 Å². The lowest BCUT2D eigenvalue weighted by Crippen LogP contribution is -2.42. The Balaban J connectivity index is 1.63. The Bertz CT molecular complexity index is 487. The molecule has 4 nitrogen and oxygen atoms in total. The third-order valence-electron chi connectivity index (χ3n) is 4.34. The van der Waals surface area contributed by atoms with Gasteiger partial charge in [0.05, 0.1) is 6.42 Å². The van der Waals surface area contributed by atoms with Crippen molar-refractivity contribution < 1.29 is 9.59 Å². The van der Waals surface area contributed by atoms with Crippen molar-refractivity contribution in [2.75, 3.05) is 6.54 Å². The van der Waals surface area contributed by atoms with Crippen LogP contribution in [0.1, 0.15) is 44.6 Å². The first-order chi connectivity index (χ1) is 10.6. The maximum atomic E-state index is 11.9. The Morgan fingerprint density at radius 2 is 1.82 bits per heavy atom. The molecule has 1 saturated carbocycles. The van der Waals surface area contributed by atoms with Crippen molar-refractivity contribution in [3.05, 3.63) is 35.9 Å². The molecule has 1 aliphatic rings. The summed E-state index contributed by atoms with van der Waals surface area (Å²) in [6, 6.07) is 9.93. The first-order valence-electron chi connectivity index (χ1n) is 8.25.